The van der Waals surface area contributed by atoms with E-state index in [1.54, 1.807) is 6.07 Å². The summed E-state index contributed by atoms with van der Waals surface area (Å²) in [7, 11) is 0. The maximum Gasteiger partial charge on any atom is 0.148 e. The van der Waals surface area contributed by atoms with E-state index in [-0.39, 0.29) is 5.82 Å². The highest BCUT2D eigenvalue weighted by Crippen LogP contribution is 2.37. The van der Waals surface area contributed by atoms with Gasteiger partial charge in [-0.25, -0.2) is 9.37 Å². The molecule has 0 bridgehead atoms. The summed E-state index contributed by atoms with van der Waals surface area (Å²) in [6, 6.07) is 40.7. The van der Waals surface area contributed by atoms with E-state index in [4.69, 9.17) is 14.5 Å². The first-order chi connectivity index (χ1) is 20.2. The summed E-state index contributed by atoms with van der Waals surface area (Å²) in [6.07, 6.45) is 1.91. The molecule has 1 aromatic heterocycles. The van der Waals surface area contributed by atoms with Crippen molar-refractivity contribution in [2.45, 2.75) is 13.2 Å². The van der Waals surface area contributed by atoms with Crippen LogP contribution in [0.25, 0.3) is 28.3 Å². The van der Waals surface area contributed by atoms with Crippen LogP contribution in [0.1, 0.15) is 11.1 Å². The maximum absolute atomic E-state index is 14.7. The molecule has 0 saturated heterocycles. The number of halogens is 2. The fraction of sp³-hybridized carbons (Fsp3) is 0.0571. The Morgan fingerprint density at radius 2 is 1.17 bits per heavy atom. The minimum absolute atomic E-state index is 0.357. The Hall–Kier alpha value is -4.68. The molecule has 0 spiro atoms. The lowest BCUT2D eigenvalue weighted by Crippen LogP contribution is -2.01. The molecule has 0 aliphatic rings. The Balaban J connectivity index is 1.42. The molecule has 41 heavy (non-hydrogen) atoms. The largest absolute Gasteiger partial charge is 0.488 e. The molecule has 6 heteroatoms. The lowest BCUT2D eigenvalue weighted by molar-refractivity contribution is 0.307. The predicted octanol–water partition coefficient (Wildman–Crippen LogP) is 9.27. The van der Waals surface area contributed by atoms with Crippen LogP contribution in [0, 0.1) is 5.82 Å². The van der Waals surface area contributed by atoms with Gasteiger partial charge in [0.1, 0.15) is 36.4 Å². The topological polar surface area (TPSA) is 36.3 Å². The van der Waals surface area contributed by atoms with Crippen LogP contribution in [-0.2, 0) is 13.2 Å². The fourth-order valence-corrected chi connectivity index (χ4v) is 4.83. The molecule has 202 valence electrons. The van der Waals surface area contributed by atoms with Crippen molar-refractivity contribution in [1.82, 2.24) is 9.55 Å². The minimum Gasteiger partial charge on any atom is -0.488 e. The van der Waals surface area contributed by atoms with Gasteiger partial charge in [-0.2, -0.15) is 0 Å². The quantitative estimate of drug-likeness (QED) is 0.165. The second-order valence-corrected chi connectivity index (χ2v) is 10.3. The van der Waals surface area contributed by atoms with E-state index in [1.807, 2.05) is 126 Å². The number of hydrogen-bond acceptors (Lipinski definition) is 3. The van der Waals surface area contributed by atoms with Gasteiger partial charge in [-0.1, -0.05) is 84.9 Å². The first kappa shape index (κ1) is 26.5. The van der Waals surface area contributed by atoms with Crippen LogP contribution in [0.3, 0.4) is 0 Å². The summed E-state index contributed by atoms with van der Waals surface area (Å²) in [5, 5.41) is 0. The van der Waals surface area contributed by atoms with Crippen molar-refractivity contribution in [1.29, 1.82) is 0 Å². The van der Waals surface area contributed by atoms with E-state index in [9.17, 15) is 4.39 Å². The second kappa shape index (κ2) is 12.2. The van der Waals surface area contributed by atoms with Gasteiger partial charge < -0.3 is 9.47 Å². The molecule has 0 fully saturated rings. The van der Waals surface area contributed by atoms with Crippen LogP contribution >= 0.6 is 15.9 Å². The summed E-state index contributed by atoms with van der Waals surface area (Å²) >= 11 is 3.27. The van der Waals surface area contributed by atoms with Crippen LogP contribution in [0.15, 0.2) is 138 Å². The zero-order valence-corrected chi connectivity index (χ0v) is 23.7. The number of hydrogen-bond donors (Lipinski definition) is 0. The normalized spacial score (nSPS) is 10.9. The Labute approximate surface area is 246 Å². The first-order valence-corrected chi connectivity index (χ1v) is 14.0. The highest BCUT2D eigenvalue weighted by Gasteiger charge is 2.19. The second-order valence-electron chi connectivity index (χ2n) is 9.46. The van der Waals surface area contributed by atoms with Crippen molar-refractivity contribution in [2.24, 2.45) is 0 Å². The van der Waals surface area contributed by atoms with E-state index in [0.29, 0.717) is 46.4 Å². The molecule has 6 aromatic rings. The third kappa shape index (κ3) is 6.08. The zero-order valence-electron chi connectivity index (χ0n) is 22.1. The molecule has 4 nitrogen and oxygen atoms in total. The molecular weight excluding hydrogens is 579 g/mol. The molecule has 0 N–H and O–H groups in total. The van der Waals surface area contributed by atoms with Crippen molar-refractivity contribution in [3.05, 3.63) is 155 Å². The Bertz CT molecular complexity index is 1770. The molecule has 6 rings (SSSR count). The van der Waals surface area contributed by atoms with Gasteiger partial charge in [0.25, 0.3) is 0 Å². The number of imidazole rings is 1. The van der Waals surface area contributed by atoms with Gasteiger partial charge in [0, 0.05) is 11.8 Å². The van der Waals surface area contributed by atoms with Crippen molar-refractivity contribution < 1.29 is 13.9 Å². The summed E-state index contributed by atoms with van der Waals surface area (Å²) in [5.74, 6) is 1.66. The molecule has 0 radical (unpaired) electrons. The summed E-state index contributed by atoms with van der Waals surface area (Å²) in [6.45, 7) is 0.841. The van der Waals surface area contributed by atoms with Crippen molar-refractivity contribution in [2.75, 3.05) is 0 Å². The SMILES string of the molecule is Fc1cc(-n2cc(-c3ccccc3OCc3ccccc3)nc2-c2ccccc2OCc2ccccc2)ccc1Br. The van der Waals surface area contributed by atoms with Crippen LogP contribution in [0.4, 0.5) is 4.39 Å². The third-order valence-corrected chi connectivity index (χ3v) is 7.30. The Morgan fingerprint density at radius 3 is 1.78 bits per heavy atom. The van der Waals surface area contributed by atoms with Gasteiger partial charge >= 0.3 is 0 Å². The summed E-state index contributed by atoms with van der Waals surface area (Å²) in [5.41, 5.74) is 5.10. The third-order valence-electron chi connectivity index (χ3n) is 6.65. The van der Waals surface area contributed by atoms with Gasteiger partial charge in [-0.05, 0) is 69.5 Å². The standard InChI is InChI=1S/C35H26BrFN2O2/c36-30-20-19-27(21-31(30)37)39-22-32(28-15-7-9-17-33(28)40-23-25-11-3-1-4-12-25)38-35(39)29-16-8-10-18-34(29)41-24-26-13-5-2-6-14-26/h1-22H,23-24H2. The first-order valence-electron chi connectivity index (χ1n) is 13.2. The lowest BCUT2D eigenvalue weighted by Gasteiger charge is -2.13. The van der Waals surface area contributed by atoms with Crippen LogP contribution in [-0.4, -0.2) is 9.55 Å². The summed E-state index contributed by atoms with van der Waals surface area (Å²) < 4.78 is 29.5. The lowest BCUT2D eigenvalue weighted by atomic mass is 10.1. The van der Waals surface area contributed by atoms with Gasteiger partial charge in [0.05, 0.1) is 21.4 Å². The molecular formula is C35H26BrFN2O2. The van der Waals surface area contributed by atoms with E-state index in [1.165, 1.54) is 6.07 Å². The average molecular weight is 606 g/mol. The zero-order chi connectivity index (χ0) is 28.0. The molecule has 0 atom stereocenters. The van der Waals surface area contributed by atoms with Crippen LogP contribution < -0.4 is 9.47 Å². The molecule has 1 heterocycles. The minimum atomic E-state index is -0.357. The monoisotopic (exact) mass is 604 g/mol. The number of aromatic nitrogens is 2. The molecule has 0 unspecified atom stereocenters. The fourth-order valence-electron chi connectivity index (χ4n) is 4.58. The van der Waals surface area contributed by atoms with E-state index >= 15 is 0 Å². The Kier molecular flexibility index (Phi) is 7.92. The number of para-hydroxylation sites is 2. The molecule has 0 saturated carbocycles. The summed E-state index contributed by atoms with van der Waals surface area (Å²) in [4.78, 5) is 5.08. The number of ether oxygens (including phenoxy) is 2. The predicted molar refractivity (Wildman–Crippen MR) is 164 cm³/mol. The average Bonchev–Trinajstić information content (AvgIpc) is 3.47. The van der Waals surface area contributed by atoms with Gasteiger partial charge in [-0.3, -0.25) is 4.57 Å². The maximum atomic E-state index is 14.7. The highest BCUT2D eigenvalue weighted by atomic mass is 79.9. The molecule has 0 aliphatic heterocycles. The van der Waals surface area contributed by atoms with Crippen LogP contribution in [0.5, 0.6) is 11.5 Å². The number of rotatable bonds is 9. The van der Waals surface area contributed by atoms with Crippen molar-refractivity contribution in [3.63, 3.8) is 0 Å². The number of nitrogens with zero attached hydrogens (tertiary/aromatic N) is 2. The van der Waals surface area contributed by atoms with Gasteiger partial charge in [0.15, 0.2) is 0 Å². The number of benzene rings is 5. The van der Waals surface area contributed by atoms with Gasteiger partial charge in [-0.15, -0.1) is 0 Å². The van der Waals surface area contributed by atoms with E-state index < -0.39 is 0 Å². The van der Waals surface area contributed by atoms with Crippen LogP contribution in [0.2, 0.25) is 0 Å². The van der Waals surface area contributed by atoms with E-state index in [2.05, 4.69) is 15.9 Å². The molecule has 0 amide bonds. The van der Waals surface area contributed by atoms with Crippen molar-refractivity contribution in [3.8, 4) is 39.8 Å². The molecule has 0 aliphatic carbocycles. The van der Waals surface area contributed by atoms with E-state index in [0.717, 1.165) is 22.3 Å². The van der Waals surface area contributed by atoms with Gasteiger partial charge in [0.2, 0.25) is 0 Å². The smallest absolute Gasteiger partial charge is 0.148 e. The Morgan fingerprint density at radius 1 is 0.634 bits per heavy atom. The van der Waals surface area contributed by atoms with Crippen molar-refractivity contribution >= 4 is 15.9 Å². The highest BCUT2D eigenvalue weighted by molar-refractivity contribution is 9.10. The molecule has 5 aromatic carbocycles.